The first-order chi connectivity index (χ1) is 7.11. The third-order valence-corrected chi connectivity index (χ3v) is 2.21. The molecule has 0 fully saturated rings. The van der Waals surface area contributed by atoms with Crippen molar-refractivity contribution < 1.29 is 4.74 Å². The number of likely N-dealkylation sites (N-methyl/N-ethyl adjacent to an activating group) is 1. The molecule has 2 N–H and O–H groups in total. The molecule has 0 saturated heterocycles. The zero-order valence-electron chi connectivity index (χ0n) is 9.73. The SMILES string of the molecule is CC(N)c1ccccc1OCCN(C)C. The summed E-state index contributed by atoms with van der Waals surface area (Å²) in [5, 5.41) is 0. The van der Waals surface area contributed by atoms with Gasteiger partial charge in [-0.25, -0.2) is 0 Å². The number of benzene rings is 1. The van der Waals surface area contributed by atoms with Gasteiger partial charge in [-0.1, -0.05) is 18.2 Å². The molecule has 1 aromatic rings. The van der Waals surface area contributed by atoms with E-state index in [0.29, 0.717) is 6.61 Å². The number of nitrogens with two attached hydrogens (primary N) is 1. The highest BCUT2D eigenvalue weighted by atomic mass is 16.5. The number of hydrogen-bond acceptors (Lipinski definition) is 3. The van der Waals surface area contributed by atoms with Gasteiger partial charge in [-0.2, -0.15) is 0 Å². The summed E-state index contributed by atoms with van der Waals surface area (Å²) in [7, 11) is 4.06. The molecule has 1 unspecified atom stereocenters. The van der Waals surface area contributed by atoms with Crippen LogP contribution < -0.4 is 10.5 Å². The first kappa shape index (κ1) is 12.0. The highest BCUT2D eigenvalue weighted by molar-refractivity contribution is 5.35. The second kappa shape index (κ2) is 5.73. The minimum Gasteiger partial charge on any atom is -0.492 e. The number of ether oxygens (including phenoxy) is 1. The fourth-order valence-electron chi connectivity index (χ4n) is 1.33. The third kappa shape index (κ3) is 3.90. The predicted molar refractivity (Wildman–Crippen MR) is 63.1 cm³/mol. The topological polar surface area (TPSA) is 38.5 Å². The average Bonchev–Trinajstić information content (AvgIpc) is 2.17. The fourth-order valence-corrected chi connectivity index (χ4v) is 1.33. The molecule has 0 aliphatic heterocycles. The van der Waals surface area contributed by atoms with Gasteiger partial charge in [0.1, 0.15) is 12.4 Å². The normalized spacial score (nSPS) is 12.9. The molecule has 0 bridgehead atoms. The summed E-state index contributed by atoms with van der Waals surface area (Å²) in [5.74, 6) is 0.898. The van der Waals surface area contributed by atoms with Crippen molar-refractivity contribution in [3.05, 3.63) is 29.8 Å². The molecule has 0 heterocycles. The molecular weight excluding hydrogens is 188 g/mol. The molecule has 1 atom stereocenters. The van der Waals surface area contributed by atoms with E-state index in [-0.39, 0.29) is 6.04 Å². The van der Waals surface area contributed by atoms with Crippen molar-refractivity contribution in [2.45, 2.75) is 13.0 Å². The monoisotopic (exact) mass is 208 g/mol. The minimum atomic E-state index is 0.0144. The van der Waals surface area contributed by atoms with Crippen LogP contribution in [0.4, 0.5) is 0 Å². The Morgan fingerprint density at radius 1 is 1.33 bits per heavy atom. The van der Waals surface area contributed by atoms with Gasteiger partial charge in [-0.15, -0.1) is 0 Å². The van der Waals surface area contributed by atoms with Crippen molar-refractivity contribution >= 4 is 0 Å². The Morgan fingerprint density at radius 2 is 2.00 bits per heavy atom. The van der Waals surface area contributed by atoms with Gasteiger partial charge in [0.05, 0.1) is 0 Å². The summed E-state index contributed by atoms with van der Waals surface area (Å²) in [6, 6.07) is 7.94. The van der Waals surface area contributed by atoms with Crippen LogP contribution in [0, 0.1) is 0 Å². The van der Waals surface area contributed by atoms with Crippen molar-refractivity contribution in [3.63, 3.8) is 0 Å². The maximum atomic E-state index is 5.86. The number of para-hydroxylation sites is 1. The van der Waals surface area contributed by atoms with Crippen molar-refractivity contribution in [2.24, 2.45) is 5.73 Å². The fraction of sp³-hybridized carbons (Fsp3) is 0.500. The Kier molecular flexibility index (Phi) is 4.59. The van der Waals surface area contributed by atoms with Gasteiger partial charge in [-0.05, 0) is 27.1 Å². The van der Waals surface area contributed by atoms with Gasteiger partial charge in [0.25, 0.3) is 0 Å². The summed E-state index contributed by atoms with van der Waals surface area (Å²) >= 11 is 0. The van der Waals surface area contributed by atoms with Crippen LogP contribution in [0.15, 0.2) is 24.3 Å². The molecule has 0 aliphatic carbocycles. The summed E-state index contributed by atoms with van der Waals surface area (Å²) < 4.78 is 5.69. The zero-order chi connectivity index (χ0) is 11.3. The lowest BCUT2D eigenvalue weighted by Crippen LogP contribution is -2.20. The van der Waals surface area contributed by atoms with Gasteiger partial charge in [0.2, 0.25) is 0 Å². The molecule has 0 spiro atoms. The van der Waals surface area contributed by atoms with Crippen LogP contribution in [0.25, 0.3) is 0 Å². The van der Waals surface area contributed by atoms with Gasteiger partial charge in [0, 0.05) is 18.2 Å². The summed E-state index contributed by atoms with van der Waals surface area (Å²) in [6.45, 7) is 3.57. The van der Waals surface area contributed by atoms with E-state index in [1.807, 2.05) is 45.3 Å². The second-order valence-corrected chi connectivity index (χ2v) is 3.98. The van der Waals surface area contributed by atoms with Gasteiger partial charge >= 0.3 is 0 Å². The minimum absolute atomic E-state index is 0.0144. The molecule has 3 heteroatoms. The quantitative estimate of drug-likeness (QED) is 0.799. The highest BCUT2D eigenvalue weighted by Crippen LogP contribution is 2.22. The Hall–Kier alpha value is -1.06. The second-order valence-electron chi connectivity index (χ2n) is 3.98. The number of hydrogen-bond donors (Lipinski definition) is 1. The maximum Gasteiger partial charge on any atom is 0.124 e. The van der Waals surface area contributed by atoms with Crippen LogP contribution in [0.3, 0.4) is 0 Å². The van der Waals surface area contributed by atoms with Crippen molar-refractivity contribution in [2.75, 3.05) is 27.2 Å². The standard InChI is InChI=1S/C12H20N2O/c1-10(13)11-6-4-5-7-12(11)15-9-8-14(2)3/h4-7,10H,8-9,13H2,1-3H3. The Bertz CT molecular complexity index is 297. The molecule has 15 heavy (non-hydrogen) atoms. The Balaban J connectivity index is 2.59. The largest absolute Gasteiger partial charge is 0.492 e. The summed E-state index contributed by atoms with van der Waals surface area (Å²) in [5.41, 5.74) is 6.92. The predicted octanol–water partition coefficient (Wildman–Crippen LogP) is 1.65. The first-order valence-corrected chi connectivity index (χ1v) is 5.23. The van der Waals surface area contributed by atoms with E-state index >= 15 is 0 Å². The molecular formula is C12H20N2O. The van der Waals surface area contributed by atoms with Crippen molar-refractivity contribution in [1.82, 2.24) is 4.90 Å². The van der Waals surface area contributed by atoms with E-state index in [4.69, 9.17) is 10.5 Å². The maximum absolute atomic E-state index is 5.86. The lowest BCUT2D eigenvalue weighted by Gasteiger charge is -2.15. The van der Waals surface area contributed by atoms with Crippen LogP contribution in [0.1, 0.15) is 18.5 Å². The van der Waals surface area contributed by atoms with Gasteiger partial charge in [0.15, 0.2) is 0 Å². The lowest BCUT2D eigenvalue weighted by molar-refractivity contribution is 0.259. The van der Waals surface area contributed by atoms with E-state index < -0.39 is 0 Å². The summed E-state index contributed by atoms with van der Waals surface area (Å²) in [6.07, 6.45) is 0. The Morgan fingerprint density at radius 3 is 2.60 bits per heavy atom. The lowest BCUT2D eigenvalue weighted by atomic mass is 10.1. The summed E-state index contributed by atoms with van der Waals surface area (Å²) in [4.78, 5) is 2.09. The number of rotatable bonds is 5. The van der Waals surface area contributed by atoms with Gasteiger partial charge in [-0.3, -0.25) is 0 Å². The van der Waals surface area contributed by atoms with Crippen LogP contribution in [-0.4, -0.2) is 32.1 Å². The van der Waals surface area contributed by atoms with Crippen LogP contribution in [0.2, 0.25) is 0 Å². The first-order valence-electron chi connectivity index (χ1n) is 5.23. The third-order valence-electron chi connectivity index (χ3n) is 2.21. The Labute approximate surface area is 91.8 Å². The molecule has 84 valence electrons. The van der Waals surface area contributed by atoms with E-state index in [2.05, 4.69) is 4.90 Å². The molecule has 0 amide bonds. The van der Waals surface area contributed by atoms with E-state index in [1.165, 1.54) is 0 Å². The molecule has 0 aromatic heterocycles. The molecule has 0 saturated carbocycles. The van der Waals surface area contributed by atoms with Gasteiger partial charge < -0.3 is 15.4 Å². The highest BCUT2D eigenvalue weighted by Gasteiger charge is 2.06. The van der Waals surface area contributed by atoms with Crippen LogP contribution >= 0.6 is 0 Å². The smallest absolute Gasteiger partial charge is 0.124 e. The number of nitrogens with zero attached hydrogens (tertiary/aromatic N) is 1. The molecule has 0 aliphatic rings. The molecule has 1 rings (SSSR count). The van der Waals surface area contributed by atoms with E-state index in [0.717, 1.165) is 17.9 Å². The molecule has 3 nitrogen and oxygen atoms in total. The molecule has 0 radical (unpaired) electrons. The van der Waals surface area contributed by atoms with Crippen LogP contribution in [-0.2, 0) is 0 Å². The van der Waals surface area contributed by atoms with Crippen LogP contribution in [0.5, 0.6) is 5.75 Å². The van der Waals surface area contributed by atoms with E-state index in [9.17, 15) is 0 Å². The van der Waals surface area contributed by atoms with Crippen molar-refractivity contribution in [3.8, 4) is 5.75 Å². The molecule has 1 aromatic carbocycles. The average molecular weight is 208 g/mol. The van der Waals surface area contributed by atoms with E-state index in [1.54, 1.807) is 0 Å². The van der Waals surface area contributed by atoms with Crippen molar-refractivity contribution in [1.29, 1.82) is 0 Å². The zero-order valence-corrected chi connectivity index (χ0v) is 9.73.